The van der Waals surface area contributed by atoms with Crippen molar-refractivity contribution in [3.05, 3.63) is 46.0 Å². The highest BCUT2D eigenvalue weighted by Crippen LogP contribution is 2.44. The number of benzene rings is 1. The van der Waals surface area contributed by atoms with E-state index in [1.54, 1.807) is 6.92 Å². The summed E-state index contributed by atoms with van der Waals surface area (Å²) in [4.78, 5) is 12.2. The van der Waals surface area contributed by atoms with E-state index in [1.165, 1.54) is 6.08 Å². The van der Waals surface area contributed by atoms with E-state index in [4.69, 9.17) is 27.9 Å². The summed E-state index contributed by atoms with van der Waals surface area (Å²) in [6, 6.07) is 7.46. The van der Waals surface area contributed by atoms with E-state index in [2.05, 4.69) is 0 Å². The number of aliphatic hydroxyl groups excluding tert-OH is 1. The molecule has 4 unspecified atom stereocenters. The average molecular weight is 373 g/mol. The monoisotopic (exact) mass is 372 g/mol. The fourth-order valence-corrected chi connectivity index (χ4v) is 3.68. The zero-order chi connectivity index (χ0) is 17.9. The molecule has 0 aromatic heterocycles. The Morgan fingerprint density at radius 1 is 1.33 bits per heavy atom. The molecule has 0 amide bonds. The molecule has 0 saturated heterocycles. The highest BCUT2D eigenvalue weighted by Gasteiger charge is 2.48. The minimum atomic E-state index is -1.26. The molecular weight excluding hydrogens is 351 g/mol. The Balaban J connectivity index is 2.35. The Bertz CT molecular complexity index is 610. The predicted octanol–water partition coefficient (Wildman–Crippen LogP) is 3.45. The van der Waals surface area contributed by atoms with Crippen molar-refractivity contribution >= 4 is 29.2 Å². The second-order valence-electron chi connectivity index (χ2n) is 6.27. The van der Waals surface area contributed by atoms with E-state index in [0.29, 0.717) is 5.56 Å². The molecule has 1 aromatic rings. The van der Waals surface area contributed by atoms with Gasteiger partial charge in [0, 0.05) is 6.42 Å². The lowest BCUT2D eigenvalue weighted by atomic mass is 9.67. The summed E-state index contributed by atoms with van der Waals surface area (Å²) in [6.45, 7) is 3.88. The van der Waals surface area contributed by atoms with Crippen LogP contribution in [-0.4, -0.2) is 28.9 Å². The first kappa shape index (κ1) is 19.3. The standard InChI is InChI=1S/C18H22Cl2O4/c1-3-24-17(22)16-12(8-15(19)20)9-18(23,10-14(16)21)13-6-4-11(2)5-7-13/h4-8,12,14,16,21,23H,3,9-10H2,1-2H3. The molecule has 1 aromatic carbocycles. The van der Waals surface area contributed by atoms with Gasteiger partial charge in [0.2, 0.25) is 0 Å². The zero-order valence-corrected chi connectivity index (χ0v) is 15.2. The zero-order valence-electron chi connectivity index (χ0n) is 13.7. The van der Waals surface area contributed by atoms with Crippen LogP contribution in [0.2, 0.25) is 0 Å². The number of rotatable bonds is 4. The van der Waals surface area contributed by atoms with Gasteiger partial charge in [0.15, 0.2) is 0 Å². The first-order valence-electron chi connectivity index (χ1n) is 7.94. The Hall–Kier alpha value is -1.07. The van der Waals surface area contributed by atoms with Crippen LogP contribution >= 0.6 is 23.2 Å². The van der Waals surface area contributed by atoms with Crippen LogP contribution < -0.4 is 0 Å². The molecule has 1 fully saturated rings. The van der Waals surface area contributed by atoms with Gasteiger partial charge in [0.1, 0.15) is 4.49 Å². The molecule has 4 atom stereocenters. The van der Waals surface area contributed by atoms with E-state index in [1.807, 2.05) is 31.2 Å². The predicted molar refractivity (Wildman–Crippen MR) is 93.7 cm³/mol. The van der Waals surface area contributed by atoms with Gasteiger partial charge in [0.25, 0.3) is 0 Å². The average Bonchev–Trinajstić information content (AvgIpc) is 2.46. The maximum atomic E-state index is 12.2. The lowest BCUT2D eigenvalue weighted by molar-refractivity contribution is -0.163. The molecule has 0 heterocycles. The van der Waals surface area contributed by atoms with Crippen LogP contribution in [0.5, 0.6) is 0 Å². The molecule has 2 rings (SSSR count). The SMILES string of the molecule is CCOC(=O)C1C(O)CC(O)(c2ccc(C)cc2)CC1C=C(Cl)Cl. The summed E-state index contributed by atoms with van der Waals surface area (Å²) in [5.74, 6) is -1.83. The molecule has 132 valence electrons. The van der Waals surface area contributed by atoms with Gasteiger partial charge in [-0.3, -0.25) is 4.79 Å². The number of aliphatic hydroxyl groups is 2. The second-order valence-corrected chi connectivity index (χ2v) is 7.28. The van der Waals surface area contributed by atoms with Crippen LogP contribution in [-0.2, 0) is 15.1 Å². The van der Waals surface area contributed by atoms with E-state index < -0.39 is 29.5 Å². The lowest BCUT2D eigenvalue weighted by Gasteiger charge is -2.42. The summed E-state index contributed by atoms with van der Waals surface area (Å²) in [7, 11) is 0. The van der Waals surface area contributed by atoms with E-state index >= 15 is 0 Å². The largest absolute Gasteiger partial charge is 0.466 e. The van der Waals surface area contributed by atoms with Crippen LogP contribution in [0.4, 0.5) is 0 Å². The third-order valence-electron chi connectivity index (χ3n) is 4.48. The minimum absolute atomic E-state index is 0.00495. The molecule has 2 N–H and O–H groups in total. The molecule has 0 spiro atoms. The van der Waals surface area contributed by atoms with Gasteiger partial charge in [-0.2, -0.15) is 0 Å². The van der Waals surface area contributed by atoms with Gasteiger partial charge in [-0.15, -0.1) is 0 Å². The van der Waals surface area contributed by atoms with Crippen LogP contribution in [0.15, 0.2) is 34.8 Å². The van der Waals surface area contributed by atoms with Gasteiger partial charge in [-0.05, 0) is 31.7 Å². The summed E-state index contributed by atoms with van der Waals surface area (Å²) < 4.78 is 5.05. The molecule has 1 aliphatic carbocycles. The number of ether oxygens (including phenoxy) is 1. The quantitative estimate of drug-likeness (QED) is 0.794. The van der Waals surface area contributed by atoms with Crippen LogP contribution in [0.3, 0.4) is 0 Å². The van der Waals surface area contributed by atoms with Crippen molar-refractivity contribution in [2.45, 2.75) is 38.4 Å². The van der Waals surface area contributed by atoms with Crippen molar-refractivity contribution in [2.24, 2.45) is 11.8 Å². The Morgan fingerprint density at radius 2 is 1.96 bits per heavy atom. The molecule has 0 radical (unpaired) electrons. The van der Waals surface area contributed by atoms with Crippen molar-refractivity contribution in [2.75, 3.05) is 6.61 Å². The van der Waals surface area contributed by atoms with E-state index in [9.17, 15) is 15.0 Å². The van der Waals surface area contributed by atoms with E-state index in [0.717, 1.165) is 5.56 Å². The molecular formula is C18H22Cl2O4. The van der Waals surface area contributed by atoms with Gasteiger partial charge < -0.3 is 14.9 Å². The molecule has 24 heavy (non-hydrogen) atoms. The lowest BCUT2D eigenvalue weighted by Crippen LogP contribution is -2.48. The third-order valence-corrected chi connectivity index (χ3v) is 4.74. The fourth-order valence-electron chi connectivity index (χ4n) is 3.35. The number of hydrogen-bond donors (Lipinski definition) is 2. The van der Waals surface area contributed by atoms with Crippen LogP contribution in [0.25, 0.3) is 0 Å². The van der Waals surface area contributed by atoms with Crippen molar-refractivity contribution < 1.29 is 19.7 Å². The molecule has 4 nitrogen and oxygen atoms in total. The topological polar surface area (TPSA) is 66.8 Å². The Morgan fingerprint density at radius 3 is 2.50 bits per heavy atom. The Kier molecular flexibility index (Phi) is 6.32. The highest BCUT2D eigenvalue weighted by molar-refractivity contribution is 6.55. The van der Waals surface area contributed by atoms with Gasteiger partial charge in [0.05, 0.1) is 24.2 Å². The Labute approximate surface area is 152 Å². The number of carbonyl (C=O) groups is 1. The number of hydrogen-bond acceptors (Lipinski definition) is 4. The van der Waals surface area contributed by atoms with Gasteiger partial charge >= 0.3 is 5.97 Å². The number of carbonyl (C=O) groups excluding carboxylic acids is 1. The normalized spacial score (nSPS) is 29.8. The smallest absolute Gasteiger partial charge is 0.312 e. The number of halogens is 2. The molecule has 6 heteroatoms. The molecule has 1 aliphatic rings. The summed E-state index contributed by atoms with van der Waals surface area (Å²) in [5, 5.41) is 21.6. The third kappa shape index (κ3) is 4.31. The summed E-state index contributed by atoms with van der Waals surface area (Å²) in [5.41, 5.74) is 0.502. The first-order valence-corrected chi connectivity index (χ1v) is 8.69. The van der Waals surface area contributed by atoms with Crippen molar-refractivity contribution in [1.29, 1.82) is 0 Å². The molecule has 0 bridgehead atoms. The maximum absolute atomic E-state index is 12.2. The van der Waals surface area contributed by atoms with Gasteiger partial charge in [-0.25, -0.2) is 0 Å². The number of aryl methyl sites for hydroxylation is 1. The highest BCUT2D eigenvalue weighted by atomic mass is 35.5. The maximum Gasteiger partial charge on any atom is 0.312 e. The van der Waals surface area contributed by atoms with Crippen molar-refractivity contribution in [1.82, 2.24) is 0 Å². The van der Waals surface area contributed by atoms with Crippen molar-refractivity contribution in [3.63, 3.8) is 0 Å². The van der Waals surface area contributed by atoms with Crippen LogP contribution in [0, 0.1) is 18.8 Å². The molecule has 0 aliphatic heterocycles. The number of allylic oxidation sites excluding steroid dienone is 1. The fraction of sp³-hybridized carbons (Fsp3) is 0.500. The minimum Gasteiger partial charge on any atom is -0.466 e. The van der Waals surface area contributed by atoms with Crippen LogP contribution in [0.1, 0.15) is 30.9 Å². The van der Waals surface area contributed by atoms with E-state index in [-0.39, 0.29) is 23.9 Å². The van der Waals surface area contributed by atoms with Gasteiger partial charge in [-0.1, -0.05) is 59.1 Å². The summed E-state index contributed by atoms with van der Waals surface area (Å²) in [6.07, 6.45) is 0.702. The first-order chi connectivity index (χ1) is 11.3. The second kappa shape index (κ2) is 7.87. The molecule has 1 saturated carbocycles. The number of esters is 1. The van der Waals surface area contributed by atoms with Crippen molar-refractivity contribution in [3.8, 4) is 0 Å². The summed E-state index contributed by atoms with van der Waals surface area (Å²) >= 11 is 11.6.